The molecule has 2 unspecified atom stereocenters. The van der Waals surface area contributed by atoms with Crippen molar-refractivity contribution in [2.75, 3.05) is 25.9 Å². The van der Waals surface area contributed by atoms with Gasteiger partial charge in [-0.25, -0.2) is 8.78 Å². The Morgan fingerprint density at radius 2 is 1.98 bits per heavy atom. The molecule has 2 heterocycles. The number of carbonyl (C=O) groups excluding carboxylic acids is 1. The Bertz CT molecular complexity index is 1550. The summed E-state index contributed by atoms with van der Waals surface area (Å²) in [6, 6.07) is 8.08. The molecule has 1 aliphatic carbocycles. The van der Waals surface area contributed by atoms with Gasteiger partial charge in [-0.15, -0.1) is 0 Å². The minimum Gasteiger partial charge on any atom is -0.495 e. The number of aromatic nitrogens is 1. The van der Waals surface area contributed by atoms with Crippen molar-refractivity contribution < 1.29 is 18.3 Å². The van der Waals surface area contributed by atoms with E-state index in [1.807, 2.05) is 20.8 Å². The number of halogens is 2. The summed E-state index contributed by atoms with van der Waals surface area (Å²) in [6.07, 6.45) is 5.48. The van der Waals surface area contributed by atoms with E-state index in [1.165, 1.54) is 7.11 Å². The standard InChI is InChI=1S/C34H40BF2N4O2/c1-6-9-39-16-22-10-21(11-30(43-5)32(22)38)34(42)40-17-26(20-7-8-20)29-13-24-19(4)15-35-31(24)33(41-29)25-12-23(18(2)3)27(36)14-28(25)37/h10-14,16,18-20,26H,6-9,15,17,38H2,1-5H3,(H,40,42). The van der Waals surface area contributed by atoms with Crippen molar-refractivity contribution in [2.45, 2.75) is 71.0 Å². The van der Waals surface area contributed by atoms with E-state index in [0.29, 0.717) is 58.4 Å². The van der Waals surface area contributed by atoms with Gasteiger partial charge in [-0.2, -0.15) is 0 Å². The predicted octanol–water partition coefficient (Wildman–Crippen LogP) is 6.36. The van der Waals surface area contributed by atoms with Gasteiger partial charge < -0.3 is 15.8 Å². The van der Waals surface area contributed by atoms with Crippen LogP contribution in [0.15, 0.2) is 35.3 Å². The van der Waals surface area contributed by atoms with E-state index in [-0.39, 0.29) is 23.7 Å². The van der Waals surface area contributed by atoms with E-state index < -0.39 is 11.6 Å². The van der Waals surface area contributed by atoms with Crippen LogP contribution >= 0.6 is 0 Å². The van der Waals surface area contributed by atoms with Crippen LogP contribution in [0.2, 0.25) is 6.32 Å². The Labute approximate surface area is 253 Å². The highest BCUT2D eigenvalue weighted by atomic mass is 19.1. The zero-order chi connectivity index (χ0) is 30.8. The van der Waals surface area contributed by atoms with E-state index in [1.54, 1.807) is 24.4 Å². The van der Waals surface area contributed by atoms with Gasteiger partial charge in [0, 0.05) is 53.7 Å². The number of hydrogen-bond acceptors (Lipinski definition) is 5. The summed E-state index contributed by atoms with van der Waals surface area (Å²) in [5.74, 6) is -0.513. The first-order chi connectivity index (χ1) is 20.6. The van der Waals surface area contributed by atoms with Crippen LogP contribution in [0.5, 0.6) is 5.75 Å². The second-order valence-electron chi connectivity index (χ2n) is 12.1. The molecule has 3 N–H and O–H groups in total. The monoisotopic (exact) mass is 585 g/mol. The molecule has 1 fully saturated rings. The van der Waals surface area contributed by atoms with Gasteiger partial charge in [-0.05, 0) is 72.4 Å². The van der Waals surface area contributed by atoms with Gasteiger partial charge in [-0.3, -0.25) is 14.8 Å². The second-order valence-corrected chi connectivity index (χ2v) is 12.1. The molecular formula is C34H40BF2N4O2. The molecule has 0 spiro atoms. The number of amides is 1. The number of methoxy groups -OCH3 is 1. The number of fused-ring (bicyclic) bond motifs is 1. The van der Waals surface area contributed by atoms with Crippen molar-refractivity contribution in [1.29, 1.82) is 0 Å². The Hall–Kier alpha value is -3.75. The summed E-state index contributed by atoms with van der Waals surface area (Å²) in [5, 5.41) is 3.11. The van der Waals surface area contributed by atoms with Crippen LogP contribution in [0, 0.1) is 17.6 Å². The van der Waals surface area contributed by atoms with Gasteiger partial charge in [0.05, 0.1) is 18.5 Å². The number of carbonyl (C=O) groups is 1. The van der Waals surface area contributed by atoms with Crippen LogP contribution in [0.25, 0.3) is 11.3 Å². The predicted molar refractivity (Wildman–Crippen MR) is 170 cm³/mol. The van der Waals surface area contributed by atoms with Gasteiger partial charge in [0.1, 0.15) is 17.4 Å². The molecule has 0 bridgehead atoms. The molecule has 1 radical (unpaired) electrons. The molecule has 1 aromatic heterocycles. The molecule has 0 saturated heterocycles. The molecule has 225 valence electrons. The molecule has 1 amide bonds. The fraction of sp³-hybridized carbons (Fsp3) is 0.441. The molecule has 2 atom stereocenters. The molecule has 6 nitrogen and oxygen atoms in total. The Morgan fingerprint density at radius 3 is 2.65 bits per heavy atom. The van der Waals surface area contributed by atoms with E-state index >= 15 is 4.39 Å². The number of nitrogens with one attached hydrogen (secondary N) is 1. The first-order valence-electron chi connectivity index (χ1n) is 15.3. The Morgan fingerprint density at radius 1 is 1.21 bits per heavy atom. The molecule has 5 rings (SSSR count). The first kappa shape index (κ1) is 30.7. The lowest BCUT2D eigenvalue weighted by Crippen LogP contribution is -2.30. The normalized spacial score (nSPS) is 16.8. The summed E-state index contributed by atoms with van der Waals surface area (Å²) < 4.78 is 35.4. The van der Waals surface area contributed by atoms with Crippen molar-refractivity contribution >= 4 is 30.6 Å². The molecule has 2 aliphatic rings. The maximum atomic E-state index is 15.3. The number of hydrogen-bond donors (Lipinski definition) is 2. The quantitative estimate of drug-likeness (QED) is 0.156. The molecular weight excluding hydrogens is 545 g/mol. The maximum absolute atomic E-state index is 15.3. The number of benzene rings is 2. The van der Waals surface area contributed by atoms with Gasteiger partial charge >= 0.3 is 0 Å². The Balaban J connectivity index is 1.48. The number of pyridine rings is 1. The number of nitrogen functional groups attached to an aromatic ring is 1. The van der Waals surface area contributed by atoms with E-state index in [0.717, 1.165) is 48.4 Å². The lowest BCUT2D eigenvalue weighted by Gasteiger charge is -2.22. The van der Waals surface area contributed by atoms with Crippen molar-refractivity contribution in [3.8, 4) is 17.0 Å². The van der Waals surface area contributed by atoms with Crippen LogP contribution in [-0.4, -0.2) is 44.6 Å². The summed E-state index contributed by atoms with van der Waals surface area (Å²) in [7, 11) is 3.63. The van der Waals surface area contributed by atoms with Gasteiger partial charge in [0.2, 0.25) is 0 Å². The van der Waals surface area contributed by atoms with E-state index in [9.17, 15) is 9.18 Å². The third-order valence-electron chi connectivity index (χ3n) is 8.57. The van der Waals surface area contributed by atoms with Crippen molar-refractivity contribution in [3.63, 3.8) is 0 Å². The lowest BCUT2D eigenvalue weighted by atomic mass is 9.69. The van der Waals surface area contributed by atoms with Gasteiger partial charge in [0.15, 0.2) is 7.28 Å². The number of rotatable bonds is 11. The van der Waals surface area contributed by atoms with Crippen LogP contribution < -0.4 is 21.3 Å². The Kier molecular flexibility index (Phi) is 9.18. The minimum atomic E-state index is -0.617. The van der Waals surface area contributed by atoms with Crippen LogP contribution in [0.1, 0.15) is 97.5 Å². The highest BCUT2D eigenvalue weighted by molar-refractivity contribution is 6.58. The molecule has 1 saturated carbocycles. The minimum absolute atomic E-state index is 0.0462. The van der Waals surface area contributed by atoms with Crippen molar-refractivity contribution in [2.24, 2.45) is 10.9 Å². The average molecular weight is 586 g/mol. The topological polar surface area (TPSA) is 89.6 Å². The molecule has 9 heteroatoms. The maximum Gasteiger partial charge on any atom is 0.251 e. The van der Waals surface area contributed by atoms with Crippen molar-refractivity contribution in [1.82, 2.24) is 10.3 Å². The number of nitrogens with zero attached hydrogens (tertiary/aromatic N) is 2. The summed E-state index contributed by atoms with van der Waals surface area (Å²) in [4.78, 5) is 22.9. The van der Waals surface area contributed by atoms with Crippen LogP contribution in [-0.2, 0) is 0 Å². The zero-order valence-corrected chi connectivity index (χ0v) is 25.6. The number of nitrogens with two attached hydrogens (primary N) is 1. The number of aliphatic imine (C=N–C) groups is 1. The summed E-state index contributed by atoms with van der Waals surface area (Å²) in [6.45, 7) is 9.02. The highest BCUT2D eigenvalue weighted by Crippen LogP contribution is 2.43. The molecule has 43 heavy (non-hydrogen) atoms. The molecule has 2 aromatic carbocycles. The van der Waals surface area contributed by atoms with E-state index in [2.05, 4.69) is 30.6 Å². The van der Waals surface area contributed by atoms with E-state index in [4.69, 9.17) is 15.5 Å². The number of anilines is 1. The number of ether oxygens (including phenoxy) is 1. The largest absolute Gasteiger partial charge is 0.495 e. The third-order valence-corrected chi connectivity index (χ3v) is 8.57. The third kappa shape index (κ3) is 6.46. The molecule has 3 aromatic rings. The second kappa shape index (κ2) is 12.9. The summed E-state index contributed by atoms with van der Waals surface area (Å²) in [5.41, 5.74) is 11.9. The fourth-order valence-corrected chi connectivity index (χ4v) is 5.89. The average Bonchev–Trinajstić information content (AvgIpc) is 3.75. The first-order valence-corrected chi connectivity index (χ1v) is 15.3. The smallest absolute Gasteiger partial charge is 0.251 e. The fourth-order valence-electron chi connectivity index (χ4n) is 5.89. The highest BCUT2D eigenvalue weighted by Gasteiger charge is 2.36. The summed E-state index contributed by atoms with van der Waals surface area (Å²) >= 11 is 0. The lowest BCUT2D eigenvalue weighted by molar-refractivity contribution is 0.0949. The zero-order valence-electron chi connectivity index (χ0n) is 25.6. The van der Waals surface area contributed by atoms with Gasteiger partial charge in [0.25, 0.3) is 5.91 Å². The molecule has 1 aliphatic heterocycles. The van der Waals surface area contributed by atoms with Crippen molar-refractivity contribution in [3.05, 3.63) is 69.9 Å². The van der Waals surface area contributed by atoms with Crippen LogP contribution in [0.4, 0.5) is 14.5 Å². The van der Waals surface area contributed by atoms with Gasteiger partial charge in [-0.1, -0.05) is 39.5 Å². The van der Waals surface area contributed by atoms with Crippen LogP contribution in [0.3, 0.4) is 0 Å². The SMILES string of the molecule is CCCN=Cc1cc(C(=O)NCC(c2cc3c(c(-c4cc(C(C)C)c(F)cc4F)n2)[B]CC3C)C2CC2)cc(OC)c1N.